The van der Waals surface area contributed by atoms with E-state index in [0.29, 0.717) is 0 Å². The van der Waals surface area contributed by atoms with Gasteiger partial charge in [0.05, 0.1) is 5.48 Å². The predicted octanol–water partition coefficient (Wildman–Crippen LogP) is 4.74. The van der Waals surface area contributed by atoms with E-state index in [0.717, 1.165) is 0 Å². The third-order valence-electron chi connectivity index (χ3n) is 2.93. The molecule has 2 rings (SSSR count). The predicted molar refractivity (Wildman–Crippen MR) is 83.9 cm³/mol. The number of hydrogen-bond donors (Lipinski definition) is 0. The first kappa shape index (κ1) is 5.69. The van der Waals surface area contributed by atoms with E-state index in [-0.39, 0.29) is 0 Å². The van der Waals surface area contributed by atoms with Gasteiger partial charge in [0.25, 0.3) is 0 Å². The summed E-state index contributed by atoms with van der Waals surface area (Å²) in [5.41, 5.74) is -3.45. The summed E-state index contributed by atoms with van der Waals surface area (Å²) in [5.74, 6) is -0.781. The molecule has 1 aliphatic carbocycles. The van der Waals surface area contributed by atoms with Crippen LogP contribution in [-0.4, -0.2) is 25.0 Å². The number of nitrogens with zero attached hydrogens (tertiary/aromatic N) is 1. The molecule has 0 heterocycles. The first-order valence-electron chi connectivity index (χ1n) is 12.1. The van der Waals surface area contributed by atoms with Crippen LogP contribution in [0.15, 0.2) is 24.2 Å². The van der Waals surface area contributed by atoms with E-state index in [2.05, 4.69) is 0 Å². The van der Waals surface area contributed by atoms with Gasteiger partial charge in [0.2, 0.25) is 0 Å². The van der Waals surface area contributed by atoms with Gasteiger partial charge in [0, 0.05) is 27.4 Å². The van der Waals surface area contributed by atoms with Crippen LogP contribution in [0.5, 0.6) is 0 Å². The average Bonchev–Trinajstić information content (AvgIpc) is 2.62. The fraction of sp³-hybridized carbons (Fsp3) is 0.647. The fourth-order valence-electron chi connectivity index (χ4n) is 2.07. The Kier molecular flexibility index (Phi) is 1.75. The van der Waals surface area contributed by atoms with Gasteiger partial charge in [-0.1, -0.05) is 43.9 Å². The monoisotopic (exact) mass is 291 g/mol. The van der Waals surface area contributed by atoms with Gasteiger partial charge in [-0.2, -0.15) is 0 Å². The number of rotatable bonds is 5. The third kappa shape index (κ3) is 2.98. The Morgan fingerprint density at radius 2 is 1.95 bits per heavy atom. The largest absolute Gasteiger partial charge is 0.306 e. The van der Waals surface area contributed by atoms with Gasteiger partial charge in [-0.05, 0) is 56.8 Å². The summed E-state index contributed by atoms with van der Waals surface area (Å²) < 4.78 is 101. The molecule has 0 amide bonds. The van der Waals surface area contributed by atoms with Crippen molar-refractivity contribution in [2.75, 3.05) is 14.1 Å². The van der Waals surface area contributed by atoms with Gasteiger partial charge in [-0.25, -0.2) is 0 Å². The van der Waals surface area contributed by atoms with Crippen LogP contribution in [0.25, 0.3) is 0 Å². The first-order chi connectivity index (χ1) is 13.7. The van der Waals surface area contributed by atoms with Crippen LogP contribution in [0.3, 0.4) is 0 Å². The van der Waals surface area contributed by atoms with E-state index < -0.39 is 77.6 Å². The fourth-order valence-corrected chi connectivity index (χ4v) is 2.16. The highest BCUT2D eigenvalue weighted by Crippen LogP contribution is 2.49. The van der Waals surface area contributed by atoms with Crippen LogP contribution in [0.1, 0.15) is 61.4 Å². The molecule has 0 aromatic heterocycles. The number of hydrogen-bond acceptors (Lipinski definition) is 1. The molecule has 1 nitrogen and oxygen atoms in total. The lowest BCUT2D eigenvalue weighted by Gasteiger charge is -2.51. The Hall–Kier alpha value is -0.530. The minimum absolute atomic E-state index is 0.536. The summed E-state index contributed by atoms with van der Waals surface area (Å²) >= 11 is 5.89. The lowest BCUT2D eigenvalue weighted by atomic mass is 9.58. The highest BCUT2D eigenvalue weighted by Gasteiger charge is 2.46. The zero-order chi connectivity index (χ0) is 24.7. The summed E-state index contributed by atoms with van der Waals surface area (Å²) in [6.45, 7) is 3.03. The minimum atomic E-state index is -3.11. The number of benzene rings is 1. The van der Waals surface area contributed by atoms with Gasteiger partial charge < -0.3 is 4.90 Å². The van der Waals surface area contributed by atoms with Crippen LogP contribution in [-0.2, 0) is 5.41 Å². The van der Waals surface area contributed by atoms with Crippen molar-refractivity contribution in [1.29, 1.82) is 0 Å². The lowest BCUT2D eigenvalue weighted by Crippen LogP contribution is -2.52. The van der Waals surface area contributed by atoms with Crippen molar-refractivity contribution in [1.82, 2.24) is 4.90 Å². The molecule has 1 aromatic rings. The Bertz CT molecular complexity index is 849. The molecule has 1 atom stereocenters. The van der Waals surface area contributed by atoms with E-state index >= 15 is 0 Å². The molecule has 0 spiro atoms. The summed E-state index contributed by atoms with van der Waals surface area (Å²) in [5, 5.41) is -0.536. The van der Waals surface area contributed by atoms with Gasteiger partial charge in [0.1, 0.15) is 0 Å². The molecule has 0 bridgehead atoms. The Balaban J connectivity index is 3.21. The lowest BCUT2D eigenvalue weighted by molar-refractivity contribution is 0.0808. The Morgan fingerprint density at radius 1 is 1.37 bits per heavy atom. The molecule has 1 aliphatic rings. The van der Waals surface area contributed by atoms with E-state index in [4.69, 9.17) is 28.1 Å². The molecule has 106 valence electrons. The smallest absolute Gasteiger partial charge is 0.0639 e. The molecule has 19 heavy (non-hydrogen) atoms. The highest BCUT2D eigenvalue weighted by atomic mass is 35.5. The van der Waals surface area contributed by atoms with Crippen molar-refractivity contribution in [3.8, 4) is 0 Å². The highest BCUT2D eigenvalue weighted by molar-refractivity contribution is 6.30. The molecule has 1 aromatic carbocycles. The van der Waals surface area contributed by atoms with Crippen LogP contribution < -0.4 is 0 Å². The molecule has 0 N–H and O–H groups in total. The van der Waals surface area contributed by atoms with E-state index in [1.165, 1.54) is 32.8 Å². The molecule has 1 unspecified atom stereocenters. The summed E-state index contributed by atoms with van der Waals surface area (Å²) in [7, 11) is 2.78. The van der Waals surface area contributed by atoms with Crippen molar-refractivity contribution in [2.24, 2.45) is 5.92 Å². The third-order valence-corrected chi connectivity index (χ3v) is 3.11. The maximum atomic E-state index is 8.71. The maximum absolute atomic E-state index is 8.71. The topological polar surface area (TPSA) is 3.24 Å². The zero-order valence-corrected chi connectivity index (χ0v) is 12.2. The zero-order valence-electron chi connectivity index (χ0n) is 23.5. The van der Waals surface area contributed by atoms with E-state index in [9.17, 15) is 0 Å². The number of likely N-dealkylation sites (N-methyl/N-ethyl adjacent to an activating group) is 1. The summed E-state index contributed by atoms with van der Waals surface area (Å²) in [4.78, 5) is 1.23. The second-order valence-electron chi connectivity index (χ2n) is 5.06. The van der Waals surface area contributed by atoms with Crippen LogP contribution in [0.4, 0.5) is 0 Å². The van der Waals surface area contributed by atoms with Gasteiger partial charge >= 0.3 is 0 Å². The first-order valence-corrected chi connectivity index (χ1v) is 6.49. The molecule has 0 saturated heterocycles. The van der Waals surface area contributed by atoms with Crippen molar-refractivity contribution in [3.05, 3.63) is 34.8 Å². The Labute approximate surface area is 139 Å². The molecule has 0 aliphatic heterocycles. The van der Waals surface area contributed by atoms with Crippen molar-refractivity contribution in [2.45, 2.75) is 50.8 Å². The van der Waals surface area contributed by atoms with Crippen LogP contribution >= 0.6 is 11.6 Å². The summed E-state index contributed by atoms with van der Waals surface area (Å²) in [6.07, 6.45) is -11.6. The average molecular weight is 292 g/mol. The molecule has 0 radical (unpaired) electrons. The quantitative estimate of drug-likeness (QED) is 0.757. The second-order valence-corrected chi connectivity index (χ2v) is 5.44. The van der Waals surface area contributed by atoms with Gasteiger partial charge in [-0.3, -0.25) is 0 Å². The van der Waals surface area contributed by atoms with E-state index in [1.54, 1.807) is 0 Å². The molecule has 2 heteroatoms. The minimum Gasteiger partial charge on any atom is -0.306 e. The SMILES string of the molecule is [2H]c1c([2H])c(C2(C(N(C)C)C([2H])([2H])C(C)C)C([2H])([2H])C([2H])([2H])C2([2H])[2H])c([2H])c([2H])c1Cl. The normalized spacial score (nSPS) is 37.4. The van der Waals surface area contributed by atoms with Crippen molar-refractivity contribution < 1.29 is 16.4 Å². The summed E-state index contributed by atoms with van der Waals surface area (Å²) in [6, 6.07) is -4.78. The van der Waals surface area contributed by atoms with Gasteiger partial charge in [0.15, 0.2) is 0 Å². The van der Waals surface area contributed by atoms with Gasteiger partial charge in [-0.15, -0.1) is 0 Å². The van der Waals surface area contributed by atoms with Crippen LogP contribution in [0.2, 0.25) is 5.02 Å². The molecular weight excluding hydrogens is 254 g/mol. The maximum Gasteiger partial charge on any atom is 0.0639 e. The van der Waals surface area contributed by atoms with Crippen LogP contribution in [0, 0.1) is 5.92 Å². The molecule has 1 saturated carbocycles. The molecular formula is C17H26ClN. The second kappa shape index (κ2) is 5.85. The molecule has 1 fully saturated rings. The standard InChI is InChI=1S/C17H26ClN/c1-13(2)12-16(19(3)4)17(10-5-11-17)14-6-8-15(18)9-7-14/h6-9,13,16H,5,10-12H2,1-4H3/i5D2,6D,7D,8D,9D,10D2,11D2,12D2. The number of halogens is 1. The van der Waals surface area contributed by atoms with Crippen molar-refractivity contribution in [3.63, 3.8) is 0 Å². The van der Waals surface area contributed by atoms with Crippen molar-refractivity contribution >= 4 is 11.6 Å². The Morgan fingerprint density at radius 3 is 2.42 bits per heavy atom. The van der Waals surface area contributed by atoms with E-state index in [1.807, 2.05) is 0 Å².